The number of aliphatic hydroxyl groups excluding tert-OH is 1. The summed E-state index contributed by atoms with van der Waals surface area (Å²) >= 11 is 0. The number of alkyl halides is 3. The highest BCUT2D eigenvalue weighted by atomic mass is 19.4. The Morgan fingerprint density at radius 3 is 1.26 bits per heavy atom. The fourth-order valence-corrected chi connectivity index (χ4v) is 7.58. The number of aliphatic hydroxyl groups is 1. The van der Waals surface area contributed by atoms with Crippen LogP contribution in [0.2, 0.25) is 0 Å². The number of anilines is 6. The lowest BCUT2D eigenvalue weighted by molar-refractivity contribution is -0.180. The molecule has 0 amide bonds. The number of hydrogen-bond donors (Lipinski definition) is 1. The zero-order chi connectivity index (χ0) is 52.9. The van der Waals surface area contributed by atoms with E-state index in [1.54, 1.807) is 77.7 Å². The van der Waals surface area contributed by atoms with Crippen LogP contribution in [0.3, 0.4) is 0 Å². The number of hydrogen-bond acceptors (Lipinski definition) is 4. The highest BCUT2D eigenvalue weighted by Gasteiger charge is 2.48. The molecule has 0 atom stereocenters. The van der Waals surface area contributed by atoms with Crippen molar-refractivity contribution in [3.63, 3.8) is 0 Å². The maximum absolute atomic E-state index is 14.2. The molecule has 0 radical (unpaired) electrons. The highest BCUT2D eigenvalue weighted by Crippen LogP contribution is 2.44. The van der Waals surface area contributed by atoms with E-state index in [1.807, 2.05) is 48.5 Å². The van der Waals surface area contributed by atoms with Crippen LogP contribution in [0.15, 0.2) is 194 Å². The minimum absolute atomic E-state index is 0.00654. The van der Waals surface area contributed by atoms with Gasteiger partial charge in [0.15, 0.2) is 0 Å². The van der Waals surface area contributed by atoms with Crippen molar-refractivity contribution in [3.05, 3.63) is 211 Å². The number of para-hydroxylation sites is 1. The van der Waals surface area contributed by atoms with Crippen LogP contribution in [0.5, 0.6) is 5.75 Å². The van der Waals surface area contributed by atoms with E-state index in [0.717, 1.165) is 30.5 Å². The Balaban J connectivity index is 1.23. The molecule has 8 rings (SSSR count). The van der Waals surface area contributed by atoms with E-state index < -0.39 is 30.3 Å². The summed E-state index contributed by atoms with van der Waals surface area (Å²) in [5, 5.41) is 10.1. The standard InChI is InChI=1S/C58H53F3N2O2/c1-56(2,3)45-23-35-51(36-24-45)62(50-33-21-43(22-34-50)54-13-9-10-14-55(54)65-6)47-27-15-40(16-28-47)41-17-29-48(30-18-41)63(52-37-25-46(26-38-52)57(4,5)58(59,60)61)49-31-19-42(20-32-49)53-12-8-7-11-44(53)39-64/h7-38,64H,39H2,1-6H3/i19D,20D,21D,22D,31D,32D,33D,34D. The molecule has 328 valence electrons. The van der Waals surface area contributed by atoms with Gasteiger partial charge in [-0.05, 0) is 143 Å². The van der Waals surface area contributed by atoms with Crippen molar-refractivity contribution >= 4 is 34.1 Å². The van der Waals surface area contributed by atoms with Gasteiger partial charge in [0.05, 0.1) is 30.1 Å². The Kier molecular flexibility index (Phi) is 9.87. The van der Waals surface area contributed by atoms with E-state index in [-0.39, 0.29) is 75.4 Å². The SMILES string of the molecule is [2H]c1c([2H])c(N(c2ccc(-c3ccc(N(c4ccc(C(C)(C)C)cc4)c4c([2H])c([2H])c(-c5ccccc5OC)c([2H])c4[2H])cc3)cc2)c2ccc(C(C)(C)C(F)(F)F)cc2)c([2H])c([2H])c1-c1ccccc1CO. The predicted octanol–water partition coefficient (Wildman–Crippen LogP) is 16.3. The smallest absolute Gasteiger partial charge is 0.397 e. The third-order valence-corrected chi connectivity index (χ3v) is 11.6. The first-order chi connectivity index (χ1) is 34.5. The molecule has 8 aromatic carbocycles. The molecule has 1 N–H and O–H groups in total. The van der Waals surface area contributed by atoms with Crippen LogP contribution in [0.25, 0.3) is 33.4 Å². The Bertz CT molecular complexity index is 3280. The number of benzene rings is 8. The van der Waals surface area contributed by atoms with Crippen molar-refractivity contribution in [2.24, 2.45) is 0 Å². The molecule has 0 spiro atoms. The molecule has 4 nitrogen and oxygen atoms in total. The van der Waals surface area contributed by atoms with Gasteiger partial charge in [-0.25, -0.2) is 0 Å². The summed E-state index contributed by atoms with van der Waals surface area (Å²) in [7, 11) is 1.49. The molecule has 0 aromatic heterocycles. The lowest BCUT2D eigenvalue weighted by Crippen LogP contribution is -2.36. The zero-order valence-corrected chi connectivity index (χ0v) is 36.9. The molecule has 0 aliphatic heterocycles. The Morgan fingerprint density at radius 1 is 0.462 bits per heavy atom. The zero-order valence-electron chi connectivity index (χ0n) is 44.9. The predicted molar refractivity (Wildman–Crippen MR) is 262 cm³/mol. The Hall–Kier alpha value is -7.09. The molecular formula is C58H53F3N2O2. The van der Waals surface area contributed by atoms with Crippen LogP contribution in [0, 0.1) is 0 Å². The second-order valence-corrected chi connectivity index (χ2v) is 17.2. The lowest BCUT2D eigenvalue weighted by Gasteiger charge is -2.30. The molecule has 0 saturated carbocycles. The molecule has 0 aliphatic rings. The number of ether oxygens (including phenoxy) is 1. The summed E-state index contributed by atoms with van der Waals surface area (Å²) < 4.78 is 122. The van der Waals surface area contributed by atoms with Gasteiger partial charge in [0, 0.05) is 39.7 Å². The van der Waals surface area contributed by atoms with E-state index in [0.29, 0.717) is 39.5 Å². The summed E-state index contributed by atoms with van der Waals surface area (Å²) in [4.78, 5) is 3.19. The fraction of sp³-hybridized carbons (Fsp3) is 0.172. The van der Waals surface area contributed by atoms with Crippen molar-refractivity contribution in [3.8, 4) is 39.1 Å². The van der Waals surface area contributed by atoms with Gasteiger partial charge in [0.2, 0.25) is 0 Å². The molecule has 8 aromatic rings. The third kappa shape index (κ3) is 9.29. The van der Waals surface area contributed by atoms with E-state index in [9.17, 15) is 26.5 Å². The minimum atomic E-state index is -4.56. The Morgan fingerprint density at radius 2 is 0.846 bits per heavy atom. The highest BCUT2D eigenvalue weighted by molar-refractivity contribution is 5.83. The first kappa shape index (κ1) is 35.3. The molecule has 0 heterocycles. The van der Waals surface area contributed by atoms with Gasteiger partial charge >= 0.3 is 6.18 Å². The van der Waals surface area contributed by atoms with Crippen LogP contribution in [0.4, 0.5) is 47.3 Å². The van der Waals surface area contributed by atoms with Gasteiger partial charge in [0.25, 0.3) is 0 Å². The number of halogens is 3. The van der Waals surface area contributed by atoms with Crippen molar-refractivity contribution in [2.45, 2.75) is 58.2 Å². The molecule has 65 heavy (non-hydrogen) atoms. The van der Waals surface area contributed by atoms with Crippen LogP contribution < -0.4 is 14.5 Å². The van der Waals surface area contributed by atoms with E-state index >= 15 is 0 Å². The molecular weight excluding hydrogens is 814 g/mol. The molecule has 0 bridgehead atoms. The summed E-state index contributed by atoms with van der Waals surface area (Å²) in [6.45, 7) is 8.05. The fourth-order valence-electron chi connectivity index (χ4n) is 7.58. The molecule has 0 aliphatic carbocycles. The molecule has 0 unspecified atom stereocenters. The number of rotatable bonds is 12. The number of methoxy groups -OCH3 is 1. The van der Waals surface area contributed by atoms with Crippen LogP contribution >= 0.6 is 0 Å². The van der Waals surface area contributed by atoms with Gasteiger partial charge in [-0.3, -0.25) is 0 Å². The van der Waals surface area contributed by atoms with Crippen molar-refractivity contribution in [1.29, 1.82) is 0 Å². The number of nitrogens with zero attached hydrogens (tertiary/aromatic N) is 2. The van der Waals surface area contributed by atoms with Gasteiger partial charge in [-0.1, -0.05) is 136 Å². The second-order valence-electron chi connectivity index (χ2n) is 17.2. The van der Waals surface area contributed by atoms with Crippen molar-refractivity contribution in [1.82, 2.24) is 0 Å². The summed E-state index contributed by atoms with van der Waals surface area (Å²) in [5.74, 6) is 0.409. The average molecular weight is 875 g/mol. The molecule has 0 fully saturated rings. The van der Waals surface area contributed by atoms with Crippen LogP contribution in [0.1, 0.15) is 62.3 Å². The molecule has 0 saturated heterocycles. The summed E-state index contributed by atoms with van der Waals surface area (Å²) in [5.41, 5.74) is 3.14. The van der Waals surface area contributed by atoms with Gasteiger partial charge in [0.1, 0.15) is 5.75 Å². The van der Waals surface area contributed by atoms with Crippen LogP contribution in [-0.4, -0.2) is 18.4 Å². The minimum Gasteiger partial charge on any atom is -0.496 e. The van der Waals surface area contributed by atoms with Gasteiger partial charge in [-0.2, -0.15) is 13.2 Å². The topological polar surface area (TPSA) is 35.9 Å². The Labute approximate surface area is 392 Å². The lowest BCUT2D eigenvalue weighted by atomic mass is 9.84. The van der Waals surface area contributed by atoms with Crippen molar-refractivity contribution in [2.75, 3.05) is 16.9 Å². The van der Waals surface area contributed by atoms with E-state index in [4.69, 9.17) is 7.48 Å². The first-order valence-corrected chi connectivity index (χ1v) is 21.1. The summed E-state index contributed by atoms with van der Waals surface area (Å²) in [6, 6.07) is 38.7. The van der Waals surface area contributed by atoms with E-state index in [1.165, 1.54) is 36.3 Å². The third-order valence-electron chi connectivity index (χ3n) is 11.6. The molecule has 7 heteroatoms. The largest absolute Gasteiger partial charge is 0.496 e. The van der Waals surface area contributed by atoms with Gasteiger partial charge < -0.3 is 19.6 Å². The van der Waals surface area contributed by atoms with Crippen LogP contribution in [-0.2, 0) is 17.4 Å². The monoisotopic (exact) mass is 874 g/mol. The quantitative estimate of drug-likeness (QED) is 0.133. The summed E-state index contributed by atoms with van der Waals surface area (Å²) in [6.07, 6.45) is -4.56. The van der Waals surface area contributed by atoms with E-state index in [2.05, 4.69) is 20.8 Å². The maximum atomic E-state index is 14.2. The second kappa shape index (κ2) is 18.2. The average Bonchev–Trinajstić information content (AvgIpc) is 3.38. The van der Waals surface area contributed by atoms with Gasteiger partial charge in [-0.15, -0.1) is 0 Å². The first-order valence-electron chi connectivity index (χ1n) is 25.1. The van der Waals surface area contributed by atoms with Crippen molar-refractivity contribution < 1.29 is 34.0 Å². The normalized spacial score (nSPS) is 13.6. The maximum Gasteiger partial charge on any atom is 0.397 e.